The predicted octanol–water partition coefficient (Wildman–Crippen LogP) is 2.79. The summed E-state index contributed by atoms with van der Waals surface area (Å²) in [6.07, 6.45) is 3.08. The molecule has 0 aromatic heterocycles. The molecular weight excluding hydrogens is 268 g/mol. The lowest BCUT2D eigenvalue weighted by Gasteiger charge is -2.37. The van der Waals surface area contributed by atoms with Crippen molar-refractivity contribution >= 4 is 6.09 Å². The Bertz CT molecular complexity index is 315. The van der Waals surface area contributed by atoms with E-state index in [4.69, 9.17) is 9.47 Å². The maximum absolute atomic E-state index is 12.3. The Morgan fingerprint density at radius 3 is 2.71 bits per heavy atom. The van der Waals surface area contributed by atoms with Crippen molar-refractivity contribution in [3.8, 4) is 0 Å². The Morgan fingerprint density at radius 1 is 1.38 bits per heavy atom. The van der Waals surface area contributed by atoms with Crippen molar-refractivity contribution in [3.05, 3.63) is 0 Å². The molecule has 1 N–H and O–H groups in total. The zero-order valence-corrected chi connectivity index (χ0v) is 14.3. The van der Waals surface area contributed by atoms with E-state index in [-0.39, 0.29) is 12.1 Å². The maximum Gasteiger partial charge on any atom is 0.410 e. The minimum Gasteiger partial charge on any atom is -0.444 e. The highest BCUT2D eigenvalue weighted by Gasteiger charge is 2.30. The second kappa shape index (κ2) is 8.59. The summed E-state index contributed by atoms with van der Waals surface area (Å²) in [7, 11) is 0. The minimum atomic E-state index is -0.436. The predicted molar refractivity (Wildman–Crippen MR) is 84.5 cm³/mol. The molecule has 0 bridgehead atoms. The summed E-state index contributed by atoms with van der Waals surface area (Å²) < 4.78 is 10.9. The van der Waals surface area contributed by atoms with Crippen LogP contribution in [0.4, 0.5) is 4.79 Å². The number of rotatable bonds is 6. The van der Waals surface area contributed by atoms with E-state index < -0.39 is 5.60 Å². The third-order valence-corrected chi connectivity index (χ3v) is 3.53. The fraction of sp³-hybridized carbons (Fsp3) is 0.938. The lowest BCUT2D eigenvalue weighted by Crippen LogP contribution is -2.51. The fourth-order valence-corrected chi connectivity index (χ4v) is 2.46. The van der Waals surface area contributed by atoms with Crippen LogP contribution in [0.15, 0.2) is 0 Å². The van der Waals surface area contributed by atoms with Crippen molar-refractivity contribution in [2.24, 2.45) is 0 Å². The standard InChI is InChI=1S/C16H32N2O3/c1-6-20-12-13(2)17-11-14-9-7-8-10-18(14)15(19)21-16(3,4)5/h13-14,17H,6-12H2,1-5H3. The van der Waals surface area contributed by atoms with Gasteiger partial charge in [-0.25, -0.2) is 4.79 Å². The average Bonchev–Trinajstić information content (AvgIpc) is 2.41. The third kappa shape index (κ3) is 7.14. The van der Waals surface area contributed by atoms with Crippen LogP contribution in [0.25, 0.3) is 0 Å². The van der Waals surface area contributed by atoms with Crippen LogP contribution >= 0.6 is 0 Å². The van der Waals surface area contributed by atoms with Gasteiger partial charge in [-0.15, -0.1) is 0 Å². The van der Waals surface area contributed by atoms with Gasteiger partial charge in [-0.3, -0.25) is 0 Å². The molecule has 1 heterocycles. The Hall–Kier alpha value is -0.810. The monoisotopic (exact) mass is 300 g/mol. The van der Waals surface area contributed by atoms with E-state index in [0.717, 1.165) is 32.5 Å². The van der Waals surface area contributed by atoms with Crippen molar-refractivity contribution in [3.63, 3.8) is 0 Å². The van der Waals surface area contributed by atoms with Gasteiger partial charge < -0.3 is 19.7 Å². The SMILES string of the molecule is CCOCC(C)NCC1CCCCN1C(=O)OC(C)(C)C. The Labute approximate surface area is 129 Å². The van der Waals surface area contributed by atoms with Crippen LogP contribution in [0.3, 0.4) is 0 Å². The van der Waals surface area contributed by atoms with Gasteiger partial charge in [0.2, 0.25) is 0 Å². The Kier molecular flexibility index (Phi) is 7.46. The van der Waals surface area contributed by atoms with Crippen LogP contribution in [0.5, 0.6) is 0 Å². The largest absolute Gasteiger partial charge is 0.444 e. The zero-order valence-electron chi connectivity index (χ0n) is 14.3. The molecule has 1 saturated heterocycles. The number of likely N-dealkylation sites (tertiary alicyclic amines) is 1. The first-order valence-electron chi connectivity index (χ1n) is 8.14. The lowest BCUT2D eigenvalue weighted by atomic mass is 10.0. The molecule has 0 aromatic rings. The molecule has 124 valence electrons. The first-order valence-corrected chi connectivity index (χ1v) is 8.14. The van der Waals surface area contributed by atoms with Crippen molar-refractivity contribution in [2.75, 3.05) is 26.3 Å². The molecule has 2 unspecified atom stereocenters. The number of hydrogen-bond donors (Lipinski definition) is 1. The summed E-state index contributed by atoms with van der Waals surface area (Å²) >= 11 is 0. The van der Waals surface area contributed by atoms with Gasteiger partial charge in [-0.1, -0.05) is 0 Å². The normalized spacial score (nSPS) is 21.2. The van der Waals surface area contributed by atoms with E-state index in [0.29, 0.717) is 12.6 Å². The number of hydrogen-bond acceptors (Lipinski definition) is 4. The summed E-state index contributed by atoms with van der Waals surface area (Å²) in [5.41, 5.74) is -0.436. The molecule has 1 amide bonds. The van der Waals surface area contributed by atoms with E-state index in [1.54, 1.807) is 0 Å². The number of amides is 1. The smallest absolute Gasteiger partial charge is 0.410 e. The second-order valence-electron chi connectivity index (χ2n) is 6.79. The van der Waals surface area contributed by atoms with Crippen LogP contribution in [0.2, 0.25) is 0 Å². The Balaban J connectivity index is 2.47. The molecular formula is C16H32N2O3. The van der Waals surface area contributed by atoms with Crippen molar-refractivity contribution in [1.82, 2.24) is 10.2 Å². The quantitative estimate of drug-likeness (QED) is 0.819. The summed E-state index contributed by atoms with van der Waals surface area (Å²) in [6.45, 7) is 12.9. The third-order valence-electron chi connectivity index (χ3n) is 3.53. The van der Waals surface area contributed by atoms with Crippen LogP contribution in [0, 0.1) is 0 Å². The molecule has 0 saturated carbocycles. The number of carbonyl (C=O) groups excluding carboxylic acids is 1. The molecule has 1 aliphatic heterocycles. The van der Waals surface area contributed by atoms with Crippen LogP contribution in [-0.4, -0.2) is 55.0 Å². The van der Waals surface area contributed by atoms with Gasteiger partial charge in [0.1, 0.15) is 5.60 Å². The molecule has 21 heavy (non-hydrogen) atoms. The van der Waals surface area contributed by atoms with Gasteiger partial charge in [-0.2, -0.15) is 0 Å². The average molecular weight is 300 g/mol. The van der Waals surface area contributed by atoms with Gasteiger partial charge in [0.15, 0.2) is 0 Å². The number of piperidine rings is 1. The van der Waals surface area contributed by atoms with Gasteiger partial charge in [0.25, 0.3) is 0 Å². The molecule has 5 nitrogen and oxygen atoms in total. The second-order valence-corrected chi connectivity index (χ2v) is 6.79. The molecule has 0 radical (unpaired) electrons. The van der Waals surface area contributed by atoms with Gasteiger partial charge in [0.05, 0.1) is 6.61 Å². The molecule has 1 rings (SSSR count). The van der Waals surface area contributed by atoms with Crippen LogP contribution in [-0.2, 0) is 9.47 Å². The van der Waals surface area contributed by atoms with E-state index >= 15 is 0 Å². The van der Waals surface area contributed by atoms with E-state index in [2.05, 4.69) is 12.2 Å². The van der Waals surface area contributed by atoms with Gasteiger partial charge in [0, 0.05) is 31.8 Å². The number of nitrogens with one attached hydrogen (secondary N) is 1. The molecule has 0 aromatic carbocycles. The highest BCUT2D eigenvalue weighted by molar-refractivity contribution is 5.68. The molecule has 5 heteroatoms. The molecule has 0 spiro atoms. The summed E-state index contributed by atoms with van der Waals surface area (Å²) in [5, 5.41) is 3.46. The van der Waals surface area contributed by atoms with Crippen LogP contribution < -0.4 is 5.32 Å². The van der Waals surface area contributed by atoms with E-state index in [1.165, 1.54) is 6.42 Å². The first kappa shape index (κ1) is 18.2. The summed E-state index contributed by atoms with van der Waals surface area (Å²) in [6, 6.07) is 0.519. The maximum atomic E-state index is 12.3. The zero-order chi connectivity index (χ0) is 15.9. The Morgan fingerprint density at radius 2 is 2.10 bits per heavy atom. The van der Waals surface area contributed by atoms with Gasteiger partial charge >= 0.3 is 6.09 Å². The molecule has 0 aliphatic carbocycles. The van der Waals surface area contributed by atoms with Crippen molar-refractivity contribution in [1.29, 1.82) is 0 Å². The van der Waals surface area contributed by atoms with E-state index in [9.17, 15) is 4.79 Å². The number of carbonyl (C=O) groups is 1. The first-order chi connectivity index (χ1) is 9.83. The van der Waals surface area contributed by atoms with Crippen molar-refractivity contribution < 1.29 is 14.3 Å². The highest BCUT2D eigenvalue weighted by Crippen LogP contribution is 2.20. The highest BCUT2D eigenvalue weighted by atomic mass is 16.6. The van der Waals surface area contributed by atoms with Crippen molar-refractivity contribution in [2.45, 2.75) is 71.6 Å². The summed E-state index contributed by atoms with van der Waals surface area (Å²) in [4.78, 5) is 14.2. The number of ether oxygens (including phenoxy) is 2. The molecule has 1 aliphatic rings. The topological polar surface area (TPSA) is 50.8 Å². The molecule has 2 atom stereocenters. The van der Waals surface area contributed by atoms with Crippen LogP contribution in [0.1, 0.15) is 53.9 Å². The lowest BCUT2D eigenvalue weighted by molar-refractivity contribution is 0.00930. The summed E-state index contributed by atoms with van der Waals surface area (Å²) in [5.74, 6) is 0. The number of nitrogens with zero attached hydrogens (tertiary/aromatic N) is 1. The van der Waals surface area contributed by atoms with Gasteiger partial charge in [-0.05, 0) is 53.9 Å². The van der Waals surface area contributed by atoms with E-state index in [1.807, 2.05) is 32.6 Å². The minimum absolute atomic E-state index is 0.188. The fourth-order valence-electron chi connectivity index (χ4n) is 2.46. The molecule has 1 fully saturated rings.